The molecule has 0 spiro atoms. The molecule has 0 saturated heterocycles. The number of rotatable bonds is 5. The molecule has 0 aliphatic heterocycles. The fourth-order valence-corrected chi connectivity index (χ4v) is 2.49. The molecule has 1 heterocycles. The molecule has 20 heavy (non-hydrogen) atoms. The van der Waals surface area contributed by atoms with E-state index in [1.54, 1.807) is 0 Å². The predicted molar refractivity (Wildman–Crippen MR) is 76.5 cm³/mol. The summed E-state index contributed by atoms with van der Waals surface area (Å²) in [5, 5.41) is 3.27. The minimum Gasteiger partial charge on any atom is -0.349 e. The Kier molecular flexibility index (Phi) is 4.55. The Morgan fingerprint density at radius 1 is 1.20 bits per heavy atom. The SMILES string of the molecule is CNC(c1ccn(Cc2cc(F)ccc2F)c1)C(C)C. The summed E-state index contributed by atoms with van der Waals surface area (Å²) in [5.41, 5.74) is 1.51. The van der Waals surface area contributed by atoms with Gasteiger partial charge in [-0.1, -0.05) is 13.8 Å². The van der Waals surface area contributed by atoms with E-state index in [1.807, 2.05) is 30.1 Å². The van der Waals surface area contributed by atoms with Crippen molar-refractivity contribution >= 4 is 0 Å². The summed E-state index contributed by atoms with van der Waals surface area (Å²) in [4.78, 5) is 0. The van der Waals surface area contributed by atoms with E-state index in [0.717, 1.165) is 11.6 Å². The average molecular weight is 278 g/mol. The number of hydrogen-bond acceptors (Lipinski definition) is 1. The maximum absolute atomic E-state index is 13.6. The minimum atomic E-state index is -0.413. The van der Waals surface area contributed by atoms with Gasteiger partial charge in [0.05, 0.1) is 0 Å². The third-order valence-electron chi connectivity index (χ3n) is 3.47. The molecule has 1 N–H and O–H groups in total. The van der Waals surface area contributed by atoms with Crippen molar-refractivity contribution in [2.24, 2.45) is 5.92 Å². The minimum absolute atomic E-state index is 0.258. The summed E-state index contributed by atoms with van der Waals surface area (Å²) in [5.74, 6) is -0.332. The Morgan fingerprint density at radius 3 is 2.60 bits per heavy atom. The molecule has 2 rings (SSSR count). The second-order valence-corrected chi connectivity index (χ2v) is 5.36. The molecule has 0 bridgehead atoms. The molecular weight excluding hydrogens is 258 g/mol. The van der Waals surface area contributed by atoms with Crippen LogP contribution in [0.1, 0.15) is 31.0 Å². The molecule has 108 valence electrons. The lowest BCUT2D eigenvalue weighted by Gasteiger charge is -2.18. The molecule has 1 atom stereocenters. The molecule has 2 nitrogen and oxygen atoms in total. The lowest BCUT2D eigenvalue weighted by Crippen LogP contribution is -2.21. The molecule has 2 aromatic rings. The van der Waals surface area contributed by atoms with Crippen LogP contribution in [-0.2, 0) is 6.54 Å². The summed E-state index contributed by atoms with van der Waals surface area (Å²) in [6, 6.07) is 5.81. The average Bonchev–Trinajstić information content (AvgIpc) is 2.82. The van der Waals surface area contributed by atoms with Crippen LogP contribution in [0.4, 0.5) is 8.78 Å². The van der Waals surface area contributed by atoms with Crippen LogP contribution in [0.2, 0.25) is 0 Å². The summed E-state index contributed by atoms with van der Waals surface area (Å²) in [7, 11) is 1.92. The van der Waals surface area contributed by atoms with Crippen molar-refractivity contribution < 1.29 is 8.78 Å². The molecule has 1 unspecified atom stereocenters. The van der Waals surface area contributed by atoms with E-state index < -0.39 is 5.82 Å². The van der Waals surface area contributed by atoms with E-state index in [2.05, 4.69) is 19.2 Å². The number of halogens is 2. The number of nitrogens with zero attached hydrogens (tertiary/aromatic N) is 1. The van der Waals surface area contributed by atoms with Crippen LogP contribution in [0.15, 0.2) is 36.7 Å². The van der Waals surface area contributed by atoms with E-state index in [9.17, 15) is 8.78 Å². The summed E-state index contributed by atoms with van der Waals surface area (Å²) in [6.07, 6.45) is 3.87. The standard InChI is InChI=1S/C16H20F2N2/c1-11(2)16(19-3)12-6-7-20(9-12)10-13-8-14(17)4-5-15(13)18/h4-9,11,16,19H,10H2,1-3H3. The highest BCUT2D eigenvalue weighted by atomic mass is 19.1. The van der Waals surface area contributed by atoms with Gasteiger partial charge in [-0.25, -0.2) is 8.78 Å². The van der Waals surface area contributed by atoms with Crippen molar-refractivity contribution in [3.05, 3.63) is 59.4 Å². The Labute approximate surface area is 118 Å². The van der Waals surface area contributed by atoms with E-state index in [1.165, 1.54) is 12.1 Å². The van der Waals surface area contributed by atoms with Crippen LogP contribution >= 0.6 is 0 Å². The van der Waals surface area contributed by atoms with Gasteiger partial charge in [-0.3, -0.25) is 0 Å². The smallest absolute Gasteiger partial charge is 0.128 e. The highest BCUT2D eigenvalue weighted by Gasteiger charge is 2.14. The predicted octanol–water partition coefficient (Wildman–Crippen LogP) is 3.73. The van der Waals surface area contributed by atoms with Crippen molar-refractivity contribution in [3.63, 3.8) is 0 Å². The fourth-order valence-electron chi connectivity index (χ4n) is 2.49. The fraction of sp³-hybridized carbons (Fsp3) is 0.375. The largest absolute Gasteiger partial charge is 0.349 e. The van der Waals surface area contributed by atoms with Gasteiger partial charge in [0.25, 0.3) is 0 Å². The van der Waals surface area contributed by atoms with E-state index in [4.69, 9.17) is 0 Å². The lowest BCUT2D eigenvalue weighted by atomic mass is 9.99. The molecule has 0 aliphatic rings. The maximum atomic E-state index is 13.6. The summed E-state index contributed by atoms with van der Waals surface area (Å²) < 4.78 is 28.7. The first-order valence-corrected chi connectivity index (χ1v) is 6.78. The zero-order valence-corrected chi connectivity index (χ0v) is 12.0. The number of hydrogen-bond donors (Lipinski definition) is 1. The van der Waals surface area contributed by atoms with Crippen LogP contribution in [0.3, 0.4) is 0 Å². The van der Waals surface area contributed by atoms with Crippen LogP contribution in [-0.4, -0.2) is 11.6 Å². The van der Waals surface area contributed by atoms with Crippen molar-refractivity contribution in [3.8, 4) is 0 Å². The van der Waals surface area contributed by atoms with Gasteiger partial charge in [0.2, 0.25) is 0 Å². The van der Waals surface area contributed by atoms with Gasteiger partial charge in [0, 0.05) is 30.5 Å². The first kappa shape index (κ1) is 14.7. The molecule has 0 amide bonds. The molecule has 0 aliphatic carbocycles. The first-order valence-electron chi connectivity index (χ1n) is 6.78. The number of benzene rings is 1. The van der Waals surface area contributed by atoms with Crippen LogP contribution in [0.5, 0.6) is 0 Å². The van der Waals surface area contributed by atoms with E-state index in [-0.39, 0.29) is 11.9 Å². The van der Waals surface area contributed by atoms with Gasteiger partial charge in [-0.2, -0.15) is 0 Å². The normalized spacial score (nSPS) is 12.9. The molecule has 4 heteroatoms. The van der Waals surface area contributed by atoms with Gasteiger partial charge in [-0.15, -0.1) is 0 Å². The van der Waals surface area contributed by atoms with Crippen LogP contribution in [0.25, 0.3) is 0 Å². The van der Waals surface area contributed by atoms with E-state index >= 15 is 0 Å². The quantitative estimate of drug-likeness (QED) is 0.881. The third-order valence-corrected chi connectivity index (χ3v) is 3.47. The Balaban J connectivity index is 2.19. The van der Waals surface area contributed by atoms with Gasteiger partial charge in [0.1, 0.15) is 11.6 Å². The Bertz CT molecular complexity index is 576. The zero-order chi connectivity index (χ0) is 14.7. The summed E-state index contributed by atoms with van der Waals surface area (Å²) in [6.45, 7) is 4.62. The Morgan fingerprint density at radius 2 is 1.95 bits per heavy atom. The van der Waals surface area contributed by atoms with Crippen LogP contribution < -0.4 is 5.32 Å². The summed E-state index contributed by atoms with van der Waals surface area (Å²) >= 11 is 0. The maximum Gasteiger partial charge on any atom is 0.128 e. The van der Waals surface area contributed by atoms with E-state index in [0.29, 0.717) is 18.0 Å². The highest BCUT2D eigenvalue weighted by Crippen LogP contribution is 2.22. The molecule has 1 aromatic heterocycles. The second kappa shape index (κ2) is 6.18. The Hall–Kier alpha value is -1.68. The van der Waals surface area contributed by atoms with Gasteiger partial charge < -0.3 is 9.88 Å². The van der Waals surface area contributed by atoms with Crippen molar-refractivity contribution in [1.29, 1.82) is 0 Å². The lowest BCUT2D eigenvalue weighted by molar-refractivity contribution is 0.442. The zero-order valence-electron chi connectivity index (χ0n) is 12.0. The second-order valence-electron chi connectivity index (χ2n) is 5.36. The van der Waals surface area contributed by atoms with Crippen molar-refractivity contribution in [2.45, 2.75) is 26.4 Å². The first-order chi connectivity index (χ1) is 9.51. The van der Waals surface area contributed by atoms with Crippen molar-refractivity contribution in [1.82, 2.24) is 9.88 Å². The number of aromatic nitrogens is 1. The molecule has 0 saturated carbocycles. The molecule has 0 fully saturated rings. The van der Waals surface area contributed by atoms with Gasteiger partial charge in [0.15, 0.2) is 0 Å². The van der Waals surface area contributed by atoms with Gasteiger partial charge in [-0.05, 0) is 42.8 Å². The monoisotopic (exact) mass is 278 g/mol. The van der Waals surface area contributed by atoms with Crippen molar-refractivity contribution in [2.75, 3.05) is 7.05 Å². The third kappa shape index (κ3) is 3.25. The molecule has 0 radical (unpaired) electrons. The topological polar surface area (TPSA) is 17.0 Å². The number of nitrogens with one attached hydrogen (secondary N) is 1. The van der Waals surface area contributed by atoms with Crippen LogP contribution in [0, 0.1) is 17.6 Å². The highest BCUT2D eigenvalue weighted by molar-refractivity contribution is 5.21. The van der Waals surface area contributed by atoms with Gasteiger partial charge >= 0.3 is 0 Å². The molecule has 1 aromatic carbocycles. The molecular formula is C16H20F2N2.